The Morgan fingerprint density at radius 1 is 1.90 bits per heavy atom. The van der Waals surface area contributed by atoms with Gasteiger partial charge in [0.2, 0.25) is 0 Å². The van der Waals surface area contributed by atoms with E-state index in [2.05, 4.69) is 0 Å². The summed E-state index contributed by atoms with van der Waals surface area (Å²) in [6, 6.07) is -1.04. The molecule has 0 radical (unpaired) electrons. The number of hydroxylamine groups is 1. The molecule has 1 aliphatic rings. The first-order valence-corrected chi connectivity index (χ1v) is 3.56. The highest BCUT2D eigenvalue weighted by molar-refractivity contribution is 7.96. The maximum absolute atomic E-state index is 10.7. The average Bonchev–Trinajstić information content (AvgIpc) is 1.88. The highest BCUT2D eigenvalue weighted by Crippen LogP contribution is 2.18. The molecule has 0 aromatic heterocycles. The van der Waals surface area contributed by atoms with Gasteiger partial charge in [0.15, 0.2) is 0 Å². The molecule has 1 fully saturated rings. The van der Waals surface area contributed by atoms with Crippen LogP contribution in [0.15, 0.2) is 0 Å². The van der Waals surface area contributed by atoms with Crippen molar-refractivity contribution >= 4 is 17.9 Å². The average molecular weight is 164 g/mol. The minimum atomic E-state index is -1.14. The van der Waals surface area contributed by atoms with E-state index in [4.69, 9.17) is 9.84 Å². The van der Waals surface area contributed by atoms with Gasteiger partial charge in [0.05, 0.1) is 6.61 Å². The molecule has 0 aromatic rings. The van der Waals surface area contributed by atoms with E-state index in [0.29, 0.717) is 4.47 Å². The van der Waals surface area contributed by atoms with Gasteiger partial charge in [-0.1, -0.05) is 11.9 Å². The molecule has 0 spiro atoms. The summed E-state index contributed by atoms with van der Waals surface area (Å²) in [5.74, 6) is -0.894. The van der Waals surface area contributed by atoms with Crippen LogP contribution in [0.2, 0.25) is 0 Å². The third-order valence-electron chi connectivity index (χ3n) is 1.08. The molecule has 0 saturated carbocycles. The quantitative estimate of drug-likeness (QED) is 0.544. The first-order chi connectivity index (χ1) is 4.72. The summed E-state index contributed by atoms with van der Waals surface area (Å²) in [5.41, 5.74) is 0. The molecule has 0 aromatic carbocycles. The van der Waals surface area contributed by atoms with Crippen LogP contribution in [0, 0.1) is 5.21 Å². The molecular formula is C4H6NO4S-. The molecule has 1 atom stereocenters. The second-order valence-corrected chi connectivity index (χ2v) is 2.61. The second-order valence-electron chi connectivity index (χ2n) is 1.76. The summed E-state index contributed by atoms with van der Waals surface area (Å²) < 4.78 is 5.20. The van der Waals surface area contributed by atoms with Gasteiger partial charge in [-0.25, -0.2) is 0 Å². The summed E-state index contributed by atoms with van der Waals surface area (Å²) in [4.78, 5) is 10.2. The smallest absolute Gasteiger partial charge is 0.323 e. The van der Waals surface area contributed by atoms with Crippen LogP contribution in [0.1, 0.15) is 0 Å². The summed E-state index contributed by atoms with van der Waals surface area (Å²) >= 11 is 0.829. The molecule has 0 amide bonds. The number of ether oxygens (including phenoxy) is 1. The van der Waals surface area contributed by atoms with Crippen molar-refractivity contribution in [1.82, 2.24) is 4.47 Å². The molecule has 6 heteroatoms. The van der Waals surface area contributed by atoms with Gasteiger partial charge in [-0.3, -0.25) is 4.79 Å². The molecule has 1 saturated heterocycles. The van der Waals surface area contributed by atoms with Crippen molar-refractivity contribution in [1.29, 1.82) is 0 Å². The van der Waals surface area contributed by atoms with E-state index >= 15 is 0 Å². The largest absolute Gasteiger partial charge is 0.775 e. The lowest BCUT2D eigenvalue weighted by atomic mass is 10.3. The molecule has 1 N–H and O–H groups in total. The van der Waals surface area contributed by atoms with Crippen molar-refractivity contribution < 1.29 is 14.6 Å². The van der Waals surface area contributed by atoms with Crippen molar-refractivity contribution in [3.05, 3.63) is 5.21 Å². The van der Waals surface area contributed by atoms with Gasteiger partial charge in [0.1, 0.15) is 12.0 Å². The van der Waals surface area contributed by atoms with Crippen LogP contribution in [-0.2, 0) is 9.53 Å². The number of carboxylic acids is 1. The van der Waals surface area contributed by atoms with Gasteiger partial charge in [-0.15, -0.1) is 0 Å². The van der Waals surface area contributed by atoms with E-state index in [1.165, 1.54) is 0 Å². The zero-order valence-corrected chi connectivity index (χ0v) is 5.84. The second kappa shape index (κ2) is 3.20. The van der Waals surface area contributed by atoms with E-state index in [0.717, 1.165) is 11.9 Å². The van der Waals surface area contributed by atoms with E-state index < -0.39 is 12.0 Å². The lowest BCUT2D eigenvalue weighted by Crippen LogP contribution is -2.40. The molecular weight excluding hydrogens is 158 g/mol. The zero-order valence-electron chi connectivity index (χ0n) is 5.02. The van der Waals surface area contributed by atoms with Gasteiger partial charge in [0.25, 0.3) is 0 Å². The summed E-state index contributed by atoms with van der Waals surface area (Å²) in [5, 5.41) is 19.0. The number of hydrogen-bond donors (Lipinski definition) is 1. The van der Waals surface area contributed by atoms with Crippen LogP contribution >= 0.6 is 11.9 Å². The zero-order chi connectivity index (χ0) is 7.56. The predicted octanol–water partition coefficient (Wildman–Crippen LogP) is -0.125. The fourth-order valence-corrected chi connectivity index (χ4v) is 1.17. The van der Waals surface area contributed by atoms with E-state index in [1.54, 1.807) is 0 Å². The molecule has 5 nitrogen and oxygen atoms in total. The Kier molecular flexibility index (Phi) is 2.50. The summed E-state index contributed by atoms with van der Waals surface area (Å²) in [6.07, 6.45) is 0. The Labute approximate surface area is 61.7 Å². The lowest BCUT2D eigenvalue weighted by Gasteiger charge is -2.36. The normalized spacial score (nSPS) is 28.3. The topological polar surface area (TPSA) is 72.8 Å². The fraction of sp³-hybridized carbons (Fsp3) is 0.750. The Balaban J connectivity index is 2.47. The van der Waals surface area contributed by atoms with Crippen LogP contribution < -0.4 is 0 Å². The van der Waals surface area contributed by atoms with E-state index in [1.807, 2.05) is 0 Å². The molecule has 1 aliphatic heterocycles. The third kappa shape index (κ3) is 1.60. The molecule has 0 aliphatic carbocycles. The number of carbonyl (C=O) groups is 1. The molecule has 1 unspecified atom stereocenters. The monoisotopic (exact) mass is 164 g/mol. The highest BCUT2D eigenvalue weighted by Gasteiger charge is 2.23. The van der Waals surface area contributed by atoms with Crippen molar-refractivity contribution in [2.75, 3.05) is 12.5 Å². The molecule has 1 rings (SSSR count). The van der Waals surface area contributed by atoms with Gasteiger partial charge in [0, 0.05) is 0 Å². The van der Waals surface area contributed by atoms with Gasteiger partial charge < -0.3 is 19.5 Å². The van der Waals surface area contributed by atoms with Gasteiger partial charge in [-0.05, 0) is 0 Å². The molecule has 0 bridgehead atoms. The first-order valence-electron chi connectivity index (χ1n) is 2.61. The molecule has 58 valence electrons. The van der Waals surface area contributed by atoms with Crippen LogP contribution in [0.5, 0.6) is 0 Å². The predicted molar refractivity (Wildman–Crippen MR) is 35.0 cm³/mol. The Hall–Kier alpha value is -0.300. The Morgan fingerprint density at radius 2 is 2.60 bits per heavy atom. The Morgan fingerprint density at radius 3 is 3.00 bits per heavy atom. The number of hydrogen-bond acceptors (Lipinski definition) is 5. The summed E-state index contributed by atoms with van der Waals surface area (Å²) in [6.45, 7) is -0.0220. The lowest BCUT2D eigenvalue weighted by molar-refractivity contribution is -0.142. The van der Waals surface area contributed by atoms with Crippen LogP contribution in [-0.4, -0.2) is 34.1 Å². The minimum absolute atomic E-state index is 0.0220. The van der Waals surface area contributed by atoms with Gasteiger partial charge >= 0.3 is 5.97 Å². The standard InChI is InChI=1S/C4H6NO4S/c6-4(7)3-1-9-2-10-5(3)8/h3H,1-2H2,(H,6,7)/q-1. The Bertz CT molecular complexity index is 141. The first kappa shape index (κ1) is 7.80. The maximum atomic E-state index is 10.7. The molecule has 10 heavy (non-hydrogen) atoms. The fourth-order valence-electron chi connectivity index (χ4n) is 0.561. The van der Waals surface area contributed by atoms with Crippen molar-refractivity contribution in [3.8, 4) is 0 Å². The minimum Gasteiger partial charge on any atom is -0.775 e. The van der Waals surface area contributed by atoms with Crippen molar-refractivity contribution in [2.45, 2.75) is 6.04 Å². The number of aliphatic carboxylic acids is 1. The maximum Gasteiger partial charge on any atom is 0.323 e. The number of nitrogens with zero attached hydrogens (tertiary/aromatic N) is 1. The van der Waals surface area contributed by atoms with Crippen LogP contribution in [0.25, 0.3) is 0 Å². The van der Waals surface area contributed by atoms with E-state index in [9.17, 15) is 10.0 Å². The van der Waals surface area contributed by atoms with Crippen molar-refractivity contribution in [3.63, 3.8) is 0 Å². The third-order valence-corrected chi connectivity index (χ3v) is 1.86. The van der Waals surface area contributed by atoms with Crippen LogP contribution in [0.4, 0.5) is 0 Å². The highest BCUT2D eigenvalue weighted by atomic mass is 32.2. The summed E-state index contributed by atoms with van der Waals surface area (Å²) in [7, 11) is 0. The number of carboxylic acid groups (broad SMARTS) is 1. The molecule has 1 heterocycles. The van der Waals surface area contributed by atoms with Crippen LogP contribution in [0.3, 0.4) is 0 Å². The van der Waals surface area contributed by atoms with Crippen molar-refractivity contribution in [2.24, 2.45) is 0 Å². The SMILES string of the molecule is O=C(O)C1COCSN1[O-]. The van der Waals surface area contributed by atoms with E-state index in [-0.39, 0.29) is 12.5 Å². The van der Waals surface area contributed by atoms with Gasteiger partial charge in [-0.2, -0.15) is 0 Å². The number of rotatable bonds is 1.